The number of anilines is 2. The lowest BCUT2D eigenvalue weighted by Crippen LogP contribution is -2.43. The molecule has 0 atom stereocenters. The number of halogens is 1. The fourth-order valence-electron chi connectivity index (χ4n) is 5.75. The van der Waals surface area contributed by atoms with Crippen LogP contribution in [-0.2, 0) is 27.6 Å². The highest BCUT2D eigenvalue weighted by atomic mass is 35.5. The fraction of sp³-hybridized carbons (Fsp3) is 0.441. The van der Waals surface area contributed by atoms with Gasteiger partial charge in [-0.15, -0.1) is 10.2 Å². The summed E-state index contributed by atoms with van der Waals surface area (Å²) in [5.41, 5.74) is 3.54. The summed E-state index contributed by atoms with van der Waals surface area (Å²) in [6.07, 6.45) is 6.32. The molecule has 2 N–H and O–H groups in total. The van der Waals surface area contributed by atoms with E-state index in [2.05, 4.69) is 32.1 Å². The molecule has 1 saturated carbocycles. The van der Waals surface area contributed by atoms with Crippen molar-refractivity contribution in [3.8, 4) is 11.3 Å². The van der Waals surface area contributed by atoms with Crippen LogP contribution in [-0.4, -0.2) is 64.3 Å². The minimum Gasteiger partial charge on any atom is -0.444 e. The van der Waals surface area contributed by atoms with E-state index in [1.54, 1.807) is 17.0 Å². The van der Waals surface area contributed by atoms with Crippen LogP contribution in [0, 0.1) is 0 Å². The normalized spacial score (nSPS) is 16.9. The van der Waals surface area contributed by atoms with Gasteiger partial charge in [-0.1, -0.05) is 37.6 Å². The molecule has 1 amide bonds. The zero-order chi connectivity index (χ0) is 33.9. The number of aromatic nitrogens is 4. The number of benzene rings is 2. The Morgan fingerprint density at radius 2 is 1.72 bits per heavy atom. The summed E-state index contributed by atoms with van der Waals surface area (Å²) < 4.78 is 34.2. The molecule has 2 heterocycles. The number of ether oxygens (including phenoxy) is 1. The first-order chi connectivity index (χ1) is 22.3. The molecule has 47 heavy (non-hydrogen) atoms. The summed E-state index contributed by atoms with van der Waals surface area (Å²) in [4.78, 5) is 23.7. The minimum atomic E-state index is -3.95. The average molecular weight is 680 g/mol. The number of sulfonamides is 1. The summed E-state index contributed by atoms with van der Waals surface area (Å²) in [6.45, 7) is 9.63. The van der Waals surface area contributed by atoms with E-state index >= 15 is 0 Å². The number of carbonyl (C=O) groups is 1. The van der Waals surface area contributed by atoms with Gasteiger partial charge in [0.05, 0.1) is 16.2 Å². The first kappa shape index (κ1) is 34.3. The first-order valence-corrected chi connectivity index (χ1v) is 17.8. The van der Waals surface area contributed by atoms with Crippen molar-refractivity contribution in [2.75, 3.05) is 17.1 Å². The highest BCUT2D eigenvalue weighted by Crippen LogP contribution is 2.31. The van der Waals surface area contributed by atoms with E-state index in [1.165, 1.54) is 12.1 Å². The van der Waals surface area contributed by atoms with Crippen molar-refractivity contribution in [2.45, 2.75) is 95.7 Å². The van der Waals surface area contributed by atoms with Crippen LogP contribution >= 0.6 is 11.6 Å². The molecular weight excluding hydrogens is 638 g/mol. The Kier molecular flexibility index (Phi) is 10.2. The molecule has 2 aromatic heterocycles. The summed E-state index contributed by atoms with van der Waals surface area (Å²) in [7, 11) is -2.14. The number of nitrogens with one attached hydrogen (secondary N) is 2. The third kappa shape index (κ3) is 8.10. The molecule has 1 aliphatic carbocycles. The highest BCUT2D eigenvalue weighted by molar-refractivity contribution is 7.92. The number of nitrogens with zero attached hydrogens (tertiary/aromatic N) is 5. The van der Waals surface area contributed by atoms with E-state index < -0.39 is 15.6 Å². The van der Waals surface area contributed by atoms with E-state index in [0.717, 1.165) is 54.1 Å². The van der Waals surface area contributed by atoms with Crippen LogP contribution in [0.3, 0.4) is 0 Å². The average Bonchev–Trinajstić information content (AvgIpc) is 3.03. The lowest BCUT2D eigenvalue weighted by atomic mass is 9.90. The van der Waals surface area contributed by atoms with Crippen LogP contribution in [0.1, 0.15) is 71.4 Å². The standard InChI is InChI=1S/C34H42ClN7O4S/c1-7-21-17-23(28-19-22(8-2)31(40-39-28)41-47(44,45)29-12-10-9-11-27(29)35)18-24-20-36-32(38-30(21)24)37-25-13-15-26(16-14-25)42(6)33(43)46-34(3,4)5/h9-12,17-20,25-26H,7-8,13-16H2,1-6H3,(H,40,41)(H,36,37,38). The molecule has 0 unspecified atom stereocenters. The van der Waals surface area contributed by atoms with Crippen LogP contribution in [0.5, 0.6) is 0 Å². The Bertz CT molecular complexity index is 1870. The maximum absolute atomic E-state index is 13.0. The van der Waals surface area contributed by atoms with E-state index in [4.69, 9.17) is 21.3 Å². The topological polar surface area (TPSA) is 139 Å². The van der Waals surface area contributed by atoms with Gasteiger partial charge in [0.2, 0.25) is 5.95 Å². The van der Waals surface area contributed by atoms with Gasteiger partial charge in [0.15, 0.2) is 5.82 Å². The SMILES string of the molecule is CCc1cc(-c2cc(CC)c3nc(NC4CCC(N(C)C(=O)OC(C)(C)C)CC4)ncc3c2)nnc1NS(=O)(=O)c1ccccc1Cl. The number of aryl methyl sites for hydroxylation is 2. The number of carbonyl (C=O) groups excluding carboxylic acids is 1. The minimum absolute atomic E-state index is 0.0240. The van der Waals surface area contributed by atoms with Crippen molar-refractivity contribution in [1.82, 2.24) is 25.1 Å². The lowest BCUT2D eigenvalue weighted by molar-refractivity contribution is 0.0185. The van der Waals surface area contributed by atoms with E-state index in [0.29, 0.717) is 23.6 Å². The van der Waals surface area contributed by atoms with Gasteiger partial charge in [-0.3, -0.25) is 4.72 Å². The van der Waals surface area contributed by atoms with Crippen molar-refractivity contribution in [2.24, 2.45) is 0 Å². The van der Waals surface area contributed by atoms with Gasteiger partial charge < -0.3 is 15.0 Å². The second kappa shape index (κ2) is 14.0. The molecule has 0 bridgehead atoms. The molecule has 0 saturated heterocycles. The Balaban J connectivity index is 1.31. The van der Waals surface area contributed by atoms with E-state index in [9.17, 15) is 13.2 Å². The third-order valence-electron chi connectivity index (χ3n) is 8.31. The van der Waals surface area contributed by atoms with Crippen molar-refractivity contribution in [3.63, 3.8) is 0 Å². The summed E-state index contributed by atoms with van der Waals surface area (Å²) in [5, 5.41) is 13.2. The van der Waals surface area contributed by atoms with E-state index in [1.807, 2.05) is 59.1 Å². The molecule has 1 aliphatic rings. The van der Waals surface area contributed by atoms with Crippen LogP contribution in [0.4, 0.5) is 16.6 Å². The van der Waals surface area contributed by atoms with Crippen LogP contribution < -0.4 is 10.0 Å². The Morgan fingerprint density at radius 3 is 2.38 bits per heavy atom. The first-order valence-electron chi connectivity index (χ1n) is 15.9. The molecule has 250 valence electrons. The molecule has 2 aromatic carbocycles. The van der Waals surface area contributed by atoms with Crippen molar-refractivity contribution in [1.29, 1.82) is 0 Å². The molecular formula is C34H42ClN7O4S. The molecule has 5 rings (SSSR count). The monoisotopic (exact) mass is 679 g/mol. The predicted octanol–water partition coefficient (Wildman–Crippen LogP) is 7.26. The summed E-state index contributed by atoms with van der Waals surface area (Å²) in [6, 6.07) is 12.5. The van der Waals surface area contributed by atoms with Crippen LogP contribution in [0.25, 0.3) is 22.2 Å². The number of rotatable bonds is 9. The number of amides is 1. The fourth-order valence-corrected chi connectivity index (χ4v) is 7.31. The van der Waals surface area contributed by atoms with Gasteiger partial charge >= 0.3 is 6.09 Å². The van der Waals surface area contributed by atoms with Gasteiger partial charge in [-0.2, -0.15) is 0 Å². The second-order valence-electron chi connectivity index (χ2n) is 12.9. The third-order valence-corrected chi connectivity index (χ3v) is 10.1. The van der Waals surface area contributed by atoms with E-state index in [-0.39, 0.29) is 33.9 Å². The summed E-state index contributed by atoms with van der Waals surface area (Å²) >= 11 is 6.14. The smallest absolute Gasteiger partial charge is 0.410 e. The molecule has 4 aromatic rings. The van der Waals surface area contributed by atoms with Crippen LogP contribution in [0.2, 0.25) is 5.02 Å². The van der Waals surface area contributed by atoms with Crippen molar-refractivity contribution < 1.29 is 17.9 Å². The maximum Gasteiger partial charge on any atom is 0.410 e. The second-order valence-corrected chi connectivity index (χ2v) is 14.9. The molecule has 1 fully saturated rings. The largest absolute Gasteiger partial charge is 0.444 e. The zero-order valence-corrected chi connectivity index (χ0v) is 29.2. The molecule has 11 nitrogen and oxygen atoms in total. The van der Waals surface area contributed by atoms with Crippen molar-refractivity contribution in [3.05, 3.63) is 64.8 Å². The number of hydrogen-bond acceptors (Lipinski definition) is 9. The van der Waals surface area contributed by atoms with Gasteiger partial charge in [-0.05, 0) is 101 Å². The Labute approximate surface area is 281 Å². The molecule has 0 aliphatic heterocycles. The molecule has 13 heteroatoms. The van der Waals surface area contributed by atoms with Gasteiger partial charge in [-0.25, -0.2) is 23.2 Å². The van der Waals surface area contributed by atoms with Gasteiger partial charge in [0.1, 0.15) is 10.5 Å². The van der Waals surface area contributed by atoms with Crippen LogP contribution in [0.15, 0.2) is 53.6 Å². The van der Waals surface area contributed by atoms with Gasteiger partial charge in [0.25, 0.3) is 10.0 Å². The quantitative estimate of drug-likeness (QED) is 0.187. The number of hydrogen-bond donors (Lipinski definition) is 2. The number of fused-ring (bicyclic) bond motifs is 1. The Hall–Kier alpha value is -4.03. The Morgan fingerprint density at radius 1 is 1.02 bits per heavy atom. The predicted molar refractivity (Wildman–Crippen MR) is 185 cm³/mol. The maximum atomic E-state index is 13.0. The zero-order valence-electron chi connectivity index (χ0n) is 27.7. The summed E-state index contributed by atoms with van der Waals surface area (Å²) in [5.74, 6) is 0.740. The molecule has 0 radical (unpaired) electrons. The van der Waals surface area contributed by atoms with Crippen molar-refractivity contribution >= 4 is 50.4 Å². The molecule has 0 spiro atoms. The van der Waals surface area contributed by atoms with Gasteiger partial charge in [0, 0.05) is 36.3 Å². The highest BCUT2D eigenvalue weighted by Gasteiger charge is 2.30. The lowest BCUT2D eigenvalue weighted by Gasteiger charge is -2.35.